The van der Waals surface area contributed by atoms with Gasteiger partial charge in [-0.3, -0.25) is 9.59 Å². The molecule has 1 aliphatic rings. The van der Waals surface area contributed by atoms with Crippen LogP contribution >= 0.6 is 23.4 Å². The predicted octanol–water partition coefficient (Wildman–Crippen LogP) is 5.75. The molecule has 0 saturated heterocycles. The Morgan fingerprint density at radius 1 is 1.06 bits per heavy atom. The Balaban J connectivity index is 1.68. The van der Waals surface area contributed by atoms with E-state index in [0.29, 0.717) is 23.7 Å². The summed E-state index contributed by atoms with van der Waals surface area (Å²) in [7, 11) is 0. The number of nitrogens with one attached hydrogen (secondary N) is 1. The molecular formula is C26H33ClN2O2S. The number of hydrogen-bond acceptors (Lipinski definition) is 3. The van der Waals surface area contributed by atoms with Gasteiger partial charge in [-0.2, -0.15) is 0 Å². The maximum absolute atomic E-state index is 13.3. The fourth-order valence-corrected chi connectivity index (χ4v) is 5.09. The molecule has 4 nitrogen and oxygen atoms in total. The number of carbonyl (C=O) groups excluding carboxylic acids is 2. The molecule has 3 rings (SSSR count). The smallest absolute Gasteiger partial charge is 0.243 e. The predicted molar refractivity (Wildman–Crippen MR) is 134 cm³/mol. The Kier molecular flexibility index (Phi) is 9.49. The largest absolute Gasteiger partial charge is 0.352 e. The average Bonchev–Trinajstić information content (AvgIpc) is 3.29. The van der Waals surface area contributed by atoms with E-state index >= 15 is 0 Å². The number of halogens is 1. The summed E-state index contributed by atoms with van der Waals surface area (Å²) in [5, 5.41) is 3.85. The first kappa shape index (κ1) is 24.7. The van der Waals surface area contributed by atoms with Crippen LogP contribution in [0.25, 0.3) is 0 Å². The normalized spacial score (nSPS) is 14.8. The van der Waals surface area contributed by atoms with Crippen LogP contribution in [-0.2, 0) is 21.9 Å². The standard InChI is InChI=1S/C26H33ClN2O2S/c1-3-24(26(31)28-23-6-4-5-7-23)29(16-20-12-14-22(27)15-13-20)25(30)18-32-17-21-10-8-19(2)9-11-21/h8-15,23-24H,3-7,16-18H2,1-2H3,(H,28,31)/t24-/m0/s1. The van der Waals surface area contributed by atoms with Crippen molar-refractivity contribution in [1.29, 1.82) is 0 Å². The lowest BCUT2D eigenvalue weighted by Gasteiger charge is -2.31. The van der Waals surface area contributed by atoms with Crippen LogP contribution in [0.3, 0.4) is 0 Å². The molecule has 0 bridgehead atoms. The van der Waals surface area contributed by atoms with Gasteiger partial charge in [0.15, 0.2) is 0 Å². The van der Waals surface area contributed by atoms with Crippen molar-refractivity contribution in [3.8, 4) is 0 Å². The summed E-state index contributed by atoms with van der Waals surface area (Å²) in [6.07, 6.45) is 4.95. The molecule has 2 aromatic rings. The summed E-state index contributed by atoms with van der Waals surface area (Å²) < 4.78 is 0. The lowest BCUT2D eigenvalue weighted by Crippen LogP contribution is -2.51. The molecule has 0 heterocycles. The third kappa shape index (κ3) is 7.28. The number of rotatable bonds is 10. The quantitative estimate of drug-likeness (QED) is 0.479. The van der Waals surface area contributed by atoms with Gasteiger partial charge in [-0.1, -0.05) is 73.3 Å². The van der Waals surface area contributed by atoms with E-state index in [2.05, 4.69) is 36.5 Å². The van der Waals surface area contributed by atoms with Crippen molar-refractivity contribution in [2.75, 3.05) is 5.75 Å². The summed E-state index contributed by atoms with van der Waals surface area (Å²) in [5.74, 6) is 1.07. The molecule has 1 aliphatic carbocycles. The molecule has 1 saturated carbocycles. The topological polar surface area (TPSA) is 49.4 Å². The number of amides is 2. The molecule has 172 valence electrons. The molecule has 6 heteroatoms. The summed E-state index contributed by atoms with van der Waals surface area (Å²) in [4.78, 5) is 28.2. The molecule has 0 aromatic heterocycles. The van der Waals surface area contributed by atoms with E-state index in [9.17, 15) is 9.59 Å². The van der Waals surface area contributed by atoms with Crippen molar-refractivity contribution in [1.82, 2.24) is 10.2 Å². The average molecular weight is 473 g/mol. The highest BCUT2D eigenvalue weighted by Gasteiger charge is 2.30. The third-order valence-electron chi connectivity index (χ3n) is 5.97. The minimum atomic E-state index is -0.473. The summed E-state index contributed by atoms with van der Waals surface area (Å²) in [6, 6.07) is 15.6. The first-order valence-corrected chi connectivity index (χ1v) is 13.0. The molecule has 1 N–H and O–H groups in total. The maximum Gasteiger partial charge on any atom is 0.243 e. The molecule has 0 aliphatic heterocycles. The van der Waals surface area contributed by atoms with Crippen LogP contribution in [0.15, 0.2) is 48.5 Å². The number of aryl methyl sites for hydroxylation is 1. The van der Waals surface area contributed by atoms with Gasteiger partial charge in [-0.15, -0.1) is 11.8 Å². The number of thioether (sulfide) groups is 1. The van der Waals surface area contributed by atoms with Crippen molar-refractivity contribution >= 4 is 35.2 Å². The van der Waals surface area contributed by atoms with Gasteiger partial charge in [0.1, 0.15) is 6.04 Å². The van der Waals surface area contributed by atoms with Gasteiger partial charge in [0, 0.05) is 23.4 Å². The molecule has 0 radical (unpaired) electrons. The van der Waals surface area contributed by atoms with Gasteiger partial charge in [0.05, 0.1) is 5.75 Å². The Morgan fingerprint density at radius 2 is 1.69 bits per heavy atom. The monoisotopic (exact) mass is 472 g/mol. The fraction of sp³-hybridized carbons (Fsp3) is 0.462. The first-order valence-electron chi connectivity index (χ1n) is 11.4. The lowest BCUT2D eigenvalue weighted by molar-refractivity contribution is -0.139. The fourth-order valence-electron chi connectivity index (χ4n) is 4.10. The Hall–Kier alpha value is -1.98. The second kappa shape index (κ2) is 12.3. The van der Waals surface area contributed by atoms with Gasteiger partial charge < -0.3 is 10.2 Å². The van der Waals surface area contributed by atoms with E-state index in [-0.39, 0.29) is 17.9 Å². The Morgan fingerprint density at radius 3 is 2.31 bits per heavy atom. The molecule has 32 heavy (non-hydrogen) atoms. The van der Waals surface area contributed by atoms with Crippen molar-refractivity contribution in [2.24, 2.45) is 0 Å². The molecule has 2 aromatic carbocycles. The van der Waals surface area contributed by atoms with Crippen molar-refractivity contribution in [3.63, 3.8) is 0 Å². The van der Waals surface area contributed by atoms with Crippen molar-refractivity contribution in [3.05, 3.63) is 70.2 Å². The van der Waals surface area contributed by atoms with E-state index < -0.39 is 6.04 Å². The summed E-state index contributed by atoms with van der Waals surface area (Å²) >= 11 is 7.62. The highest BCUT2D eigenvalue weighted by molar-refractivity contribution is 7.99. The zero-order valence-corrected chi connectivity index (χ0v) is 20.6. The number of carbonyl (C=O) groups is 2. The zero-order chi connectivity index (χ0) is 22.9. The minimum absolute atomic E-state index is 0.00881. The SMILES string of the molecule is CC[C@@H](C(=O)NC1CCCC1)N(Cc1ccc(Cl)cc1)C(=O)CSCc1ccc(C)cc1. The molecule has 0 spiro atoms. The Labute approximate surface area is 201 Å². The van der Waals surface area contributed by atoms with Gasteiger partial charge in [0.25, 0.3) is 0 Å². The number of nitrogens with zero attached hydrogens (tertiary/aromatic N) is 1. The highest BCUT2D eigenvalue weighted by atomic mass is 35.5. The summed E-state index contributed by atoms with van der Waals surface area (Å²) in [5.41, 5.74) is 3.39. The maximum atomic E-state index is 13.3. The highest BCUT2D eigenvalue weighted by Crippen LogP contribution is 2.21. The van der Waals surface area contributed by atoms with Crippen LogP contribution in [-0.4, -0.2) is 34.6 Å². The first-order chi connectivity index (χ1) is 15.5. The number of hydrogen-bond donors (Lipinski definition) is 1. The zero-order valence-electron chi connectivity index (χ0n) is 19.0. The van der Waals surface area contributed by atoms with Crippen LogP contribution in [0.5, 0.6) is 0 Å². The van der Waals surface area contributed by atoms with Gasteiger partial charge in [-0.05, 0) is 49.4 Å². The second-order valence-corrected chi connectivity index (χ2v) is 9.96. The van der Waals surface area contributed by atoms with Gasteiger partial charge >= 0.3 is 0 Å². The molecule has 1 atom stereocenters. The molecule has 0 unspecified atom stereocenters. The minimum Gasteiger partial charge on any atom is -0.352 e. The van der Waals surface area contributed by atoms with E-state index in [1.807, 2.05) is 31.2 Å². The van der Waals surface area contributed by atoms with Crippen LogP contribution in [0.4, 0.5) is 0 Å². The van der Waals surface area contributed by atoms with Crippen LogP contribution in [0.1, 0.15) is 55.7 Å². The third-order valence-corrected chi connectivity index (χ3v) is 7.21. The van der Waals surface area contributed by atoms with Crippen molar-refractivity contribution in [2.45, 2.75) is 70.3 Å². The molecule has 1 fully saturated rings. The van der Waals surface area contributed by atoms with Crippen LogP contribution in [0.2, 0.25) is 5.02 Å². The van der Waals surface area contributed by atoms with E-state index in [1.54, 1.807) is 16.7 Å². The van der Waals surface area contributed by atoms with Crippen molar-refractivity contribution < 1.29 is 9.59 Å². The van der Waals surface area contributed by atoms with E-state index in [0.717, 1.165) is 37.0 Å². The molecular weight excluding hydrogens is 440 g/mol. The lowest BCUT2D eigenvalue weighted by atomic mass is 10.1. The van der Waals surface area contributed by atoms with E-state index in [4.69, 9.17) is 11.6 Å². The van der Waals surface area contributed by atoms with Crippen LogP contribution < -0.4 is 5.32 Å². The summed E-state index contributed by atoms with van der Waals surface area (Å²) in [6.45, 7) is 4.44. The van der Waals surface area contributed by atoms with Gasteiger partial charge in [-0.25, -0.2) is 0 Å². The van der Waals surface area contributed by atoms with Crippen LogP contribution in [0, 0.1) is 6.92 Å². The van der Waals surface area contributed by atoms with E-state index in [1.165, 1.54) is 11.1 Å². The number of benzene rings is 2. The van der Waals surface area contributed by atoms with Gasteiger partial charge in [0.2, 0.25) is 11.8 Å². The Bertz CT molecular complexity index is 880. The molecule has 2 amide bonds. The second-order valence-electron chi connectivity index (χ2n) is 8.54.